The molecule has 2 atom stereocenters. The molecule has 1 saturated carbocycles. The molecule has 1 aromatic carbocycles. The van der Waals surface area contributed by atoms with Gasteiger partial charge in [-0.2, -0.15) is 11.3 Å². The third kappa shape index (κ3) is 2.00. The van der Waals surface area contributed by atoms with Crippen molar-refractivity contribution in [3.63, 3.8) is 0 Å². The molecule has 1 aliphatic carbocycles. The lowest BCUT2D eigenvalue weighted by Gasteiger charge is -2.41. The molecule has 2 unspecified atom stereocenters. The van der Waals surface area contributed by atoms with Gasteiger partial charge in [-0.25, -0.2) is 0 Å². The summed E-state index contributed by atoms with van der Waals surface area (Å²) in [6.45, 7) is 0. The van der Waals surface area contributed by atoms with E-state index in [1.165, 1.54) is 30.4 Å². The normalized spacial score (nSPS) is 28.2. The van der Waals surface area contributed by atoms with Crippen molar-refractivity contribution >= 4 is 11.3 Å². The van der Waals surface area contributed by atoms with E-state index in [1.54, 1.807) is 11.3 Å². The van der Waals surface area contributed by atoms with Crippen LogP contribution >= 0.6 is 11.3 Å². The first-order chi connectivity index (χ1) is 8.81. The molecule has 0 saturated heterocycles. The highest BCUT2D eigenvalue weighted by atomic mass is 32.1. The minimum Gasteiger partial charge on any atom is -0.321 e. The summed E-state index contributed by atoms with van der Waals surface area (Å²) in [5.41, 5.74) is 9.36. The molecule has 18 heavy (non-hydrogen) atoms. The Hall–Kier alpha value is -1.12. The van der Waals surface area contributed by atoms with Crippen molar-refractivity contribution in [2.75, 3.05) is 0 Å². The van der Waals surface area contributed by atoms with E-state index in [0.29, 0.717) is 5.92 Å². The van der Waals surface area contributed by atoms with Crippen LogP contribution in [0, 0.1) is 0 Å². The van der Waals surface area contributed by atoms with Crippen LogP contribution in [0.3, 0.4) is 0 Å². The van der Waals surface area contributed by atoms with Crippen LogP contribution < -0.4 is 5.73 Å². The smallest absolute Gasteiger partial charge is 0.0487 e. The molecular weight excluding hydrogens is 238 g/mol. The van der Waals surface area contributed by atoms with Crippen LogP contribution in [0.4, 0.5) is 0 Å². The van der Waals surface area contributed by atoms with Gasteiger partial charge >= 0.3 is 0 Å². The van der Waals surface area contributed by atoms with Gasteiger partial charge in [-0.1, -0.05) is 43.2 Å². The average Bonchev–Trinajstić information content (AvgIpc) is 2.95. The van der Waals surface area contributed by atoms with Crippen molar-refractivity contribution < 1.29 is 0 Å². The fourth-order valence-electron chi connectivity index (χ4n) is 3.22. The molecule has 2 N–H and O–H groups in total. The van der Waals surface area contributed by atoms with E-state index in [2.05, 4.69) is 47.2 Å². The van der Waals surface area contributed by atoms with E-state index in [4.69, 9.17) is 5.73 Å². The molecule has 1 heterocycles. The fraction of sp³-hybridized carbons (Fsp3) is 0.375. The van der Waals surface area contributed by atoms with Crippen molar-refractivity contribution in [2.45, 2.75) is 37.1 Å². The topological polar surface area (TPSA) is 26.0 Å². The third-order valence-electron chi connectivity index (χ3n) is 4.22. The Labute approximate surface area is 113 Å². The van der Waals surface area contributed by atoms with Crippen molar-refractivity contribution in [1.82, 2.24) is 0 Å². The summed E-state index contributed by atoms with van der Waals surface area (Å²) in [5, 5.41) is 4.36. The van der Waals surface area contributed by atoms with Gasteiger partial charge < -0.3 is 5.73 Å². The second-order valence-corrected chi connectivity index (χ2v) is 6.04. The number of benzene rings is 1. The average molecular weight is 257 g/mol. The van der Waals surface area contributed by atoms with Crippen molar-refractivity contribution in [3.05, 3.63) is 58.3 Å². The lowest BCUT2D eigenvalue weighted by atomic mass is 9.67. The summed E-state index contributed by atoms with van der Waals surface area (Å²) in [6.07, 6.45) is 4.85. The second-order valence-electron chi connectivity index (χ2n) is 5.26. The maximum atomic E-state index is 6.81. The quantitative estimate of drug-likeness (QED) is 0.854. The van der Waals surface area contributed by atoms with E-state index in [-0.39, 0.29) is 5.54 Å². The van der Waals surface area contributed by atoms with Gasteiger partial charge in [0.2, 0.25) is 0 Å². The molecule has 1 aliphatic rings. The highest BCUT2D eigenvalue weighted by Gasteiger charge is 2.39. The highest BCUT2D eigenvalue weighted by molar-refractivity contribution is 7.08. The molecule has 2 aromatic rings. The second kappa shape index (κ2) is 4.87. The highest BCUT2D eigenvalue weighted by Crippen LogP contribution is 2.45. The van der Waals surface area contributed by atoms with E-state index in [1.807, 2.05) is 0 Å². The van der Waals surface area contributed by atoms with Gasteiger partial charge in [0.25, 0.3) is 0 Å². The first-order valence-electron chi connectivity index (χ1n) is 6.67. The molecule has 1 aromatic heterocycles. The zero-order valence-corrected chi connectivity index (χ0v) is 11.3. The maximum Gasteiger partial charge on any atom is 0.0487 e. The monoisotopic (exact) mass is 257 g/mol. The Bertz CT molecular complexity index is 491. The fourth-order valence-corrected chi connectivity index (χ4v) is 3.97. The van der Waals surface area contributed by atoms with Crippen molar-refractivity contribution in [1.29, 1.82) is 0 Å². The van der Waals surface area contributed by atoms with Crippen LogP contribution in [-0.4, -0.2) is 0 Å². The Kier molecular flexibility index (Phi) is 3.23. The van der Waals surface area contributed by atoms with Crippen molar-refractivity contribution in [3.8, 4) is 0 Å². The summed E-state index contributed by atoms with van der Waals surface area (Å²) < 4.78 is 0. The number of nitrogens with two attached hydrogens (primary N) is 1. The van der Waals surface area contributed by atoms with E-state index in [9.17, 15) is 0 Å². The van der Waals surface area contributed by atoms with Gasteiger partial charge in [0.1, 0.15) is 0 Å². The molecule has 2 heteroatoms. The molecule has 0 radical (unpaired) electrons. The Morgan fingerprint density at radius 3 is 2.67 bits per heavy atom. The van der Waals surface area contributed by atoms with Gasteiger partial charge in [0.15, 0.2) is 0 Å². The minimum absolute atomic E-state index is 0.167. The standard InChI is InChI=1S/C16H19NS/c17-16(14-9-11-18-12-14)10-5-4-8-15(16)13-6-2-1-3-7-13/h1-3,6-7,9,11-12,15H,4-5,8,10,17H2. The zero-order chi connectivity index (χ0) is 12.4. The Balaban J connectivity index is 2.01. The first-order valence-corrected chi connectivity index (χ1v) is 7.61. The van der Waals surface area contributed by atoms with E-state index >= 15 is 0 Å². The molecule has 1 nitrogen and oxygen atoms in total. The van der Waals surface area contributed by atoms with Crippen LogP contribution in [0.1, 0.15) is 42.7 Å². The summed E-state index contributed by atoms with van der Waals surface area (Å²) in [7, 11) is 0. The van der Waals surface area contributed by atoms with Crippen LogP contribution in [0.2, 0.25) is 0 Å². The van der Waals surface area contributed by atoms with Crippen LogP contribution in [-0.2, 0) is 5.54 Å². The molecule has 0 aliphatic heterocycles. The Morgan fingerprint density at radius 2 is 1.94 bits per heavy atom. The molecule has 0 spiro atoms. The lowest BCUT2D eigenvalue weighted by molar-refractivity contribution is 0.255. The summed E-state index contributed by atoms with van der Waals surface area (Å²) in [5.74, 6) is 0.460. The number of hydrogen-bond donors (Lipinski definition) is 1. The van der Waals surface area contributed by atoms with Crippen LogP contribution in [0.15, 0.2) is 47.2 Å². The number of rotatable bonds is 2. The molecule has 3 rings (SSSR count). The predicted octanol–water partition coefficient (Wildman–Crippen LogP) is 4.26. The van der Waals surface area contributed by atoms with E-state index < -0.39 is 0 Å². The Morgan fingerprint density at radius 1 is 1.11 bits per heavy atom. The zero-order valence-electron chi connectivity index (χ0n) is 10.5. The van der Waals surface area contributed by atoms with Gasteiger partial charge in [-0.05, 0) is 40.8 Å². The SMILES string of the molecule is NC1(c2ccsc2)CCCCC1c1ccccc1. The molecule has 0 amide bonds. The van der Waals surface area contributed by atoms with Crippen LogP contribution in [0.5, 0.6) is 0 Å². The van der Waals surface area contributed by atoms with Gasteiger partial charge in [-0.15, -0.1) is 0 Å². The van der Waals surface area contributed by atoms with Gasteiger partial charge in [0, 0.05) is 11.5 Å². The predicted molar refractivity (Wildman–Crippen MR) is 77.8 cm³/mol. The summed E-state index contributed by atoms with van der Waals surface area (Å²) in [6, 6.07) is 13.0. The molecule has 1 fully saturated rings. The molecular formula is C16H19NS. The lowest BCUT2D eigenvalue weighted by Crippen LogP contribution is -2.44. The minimum atomic E-state index is -0.167. The largest absolute Gasteiger partial charge is 0.321 e. The van der Waals surface area contributed by atoms with Gasteiger partial charge in [-0.3, -0.25) is 0 Å². The maximum absolute atomic E-state index is 6.81. The van der Waals surface area contributed by atoms with Crippen LogP contribution in [0.25, 0.3) is 0 Å². The summed E-state index contributed by atoms with van der Waals surface area (Å²) >= 11 is 1.75. The number of hydrogen-bond acceptors (Lipinski definition) is 2. The van der Waals surface area contributed by atoms with Gasteiger partial charge in [0.05, 0.1) is 0 Å². The summed E-state index contributed by atoms with van der Waals surface area (Å²) in [4.78, 5) is 0. The van der Waals surface area contributed by atoms with Crippen molar-refractivity contribution in [2.24, 2.45) is 5.73 Å². The third-order valence-corrected chi connectivity index (χ3v) is 4.90. The molecule has 94 valence electrons. The molecule has 0 bridgehead atoms. The van der Waals surface area contributed by atoms with E-state index in [0.717, 1.165) is 6.42 Å². The first kappa shape index (κ1) is 11.9. The number of thiophene rings is 1.